The van der Waals surface area contributed by atoms with Gasteiger partial charge in [0.25, 0.3) is 5.95 Å². The molecule has 14 heavy (non-hydrogen) atoms. The number of hydrogen-bond acceptors (Lipinski definition) is 3. The van der Waals surface area contributed by atoms with E-state index in [0.29, 0.717) is 4.47 Å². The van der Waals surface area contributed by atoms with Crippen LogP contribution in [0.4, 0.5) is 4.39 Å². The first kappa shape index (κ1) is 9.86. The SMILES string of the molecule is CC1(Oc2cc(Br)cnc2F)CNC1. The molecular formula is C9H10BrFN2O. The molecule has 0 aromatic carbocycles. The van der Waals surface area contributed by atoms with Crippen LogP contribution in [0, 0.1) is 5.95 Å². The molecule has 3 nitrogen and oxygen atoms in total. The Morgan fingerprint density at radius 2 is 2.36 bits per heavy atom. The molecule has 5 heteroatoms. The molecule has 0 radical (unpaired) electrons. The molecule has 1 aliphatic rings. The summed E-state index contributed by atoms with van der Waals surface area (Å²) in [4.78, 5) is 3.56. The molecule has 1 N–H and O–H groups in total. The molecule has 0 unspecified atom stereocenters. The van der Waals surface area contributed by atoms with Gasteiger partial charge in [0.15, 0.2) is 5.75 Å². The van der Waals surface area contributed by atoms with Gasteiger partial charge in [-0.1, -0.05) is 0 Å². The smallest absolute Gasteiger partial charge is 0.255 e. The third kappa shape index (κ3) is 1.88. The summed E-state index contributed by atoms with van der Waals surface area (Å²) in [6, 6.07) is 1.59. The lowest BCUT2D eigenvalue weighted by Gasteiger charge is -2.39. The molecule has 0 amide bonds. The van der Waals surface area contributed by atoms with E-state index >= 15 is 0 Å². The number of pyridine rings is 1. The van der Waals surface area contributed by atoms with E-state index < -0.39 is 5.95 Å². The number of halogens is 2. The fourth-order valence-electron chi connectivity index (χ4n) is 1.29. The second-order valence-electron chi connectivity index (χ2n) is 3.60. The third-order valence-electron chi connectivity index (χ3n) is 2.13. The predicted molar refractivity (Wildman–Crippen MR) is 53.8 cm³/mol. The molecule has 1 saturated heterocycles. The highest BCUT2D eigenvalue weighted by atomic mass is 79.9. The van der Waals surface area contributed by atoms with E-state index in [1.54, 1.807) is 6.07 Å². The first-order valence-corrected chi connectivity index (χ1v) is 5.09. The van der Waals surface area contributed by atoms with Crippen molar-refractivity contribution in [3.8, 4) is 5.75 Å². The van der Waals surface area contributed by atoms with Crippen molar-refractivity contribution in [3.63, 3.8) is 0 Å². The van der Waals surface area contributed by atoms with Crippen LogP contribution in [0.5, 0.6) is 5.75 Å². The van der Waals surface area contributed by atoms with Gasteiger partial charge in [-0.05, 0) is 22.9 Å². The molecule has 1 aromatic heterocycles. The Balaban J connectivity index is 2.19. The van der Waals surface area contributed by atoms with E-state index in [1.165, 1.54) is 6.20 Å². The van der Waals surface area contributed by atoms with Crippen molar-refractivity contribution in [1.82, 2.24) is 10.3 Å². The van der Waals surface area contributed by atoms with Gasteiger partial charge in [-0.25, -0.2) is 4.98 Å². The number of nitrogens with one attached hydrogen (secondary N) is 1. The van der Waals surface area contributed by atoms with Crippen LogP contribution in [-0.2, 0) is 0 Å². The van der Waals surface area contributed by atoms with Crippen LogP contribution >= 0.6 is 15.9 Å². The summed E-state index contributed by atoms with van der Waals surface area (Å²) in [5, 5.41) is 3.08. The van der Waals surface area contributed by atoms with E-state index in [-0.39, 0.29) is 11.4 Å². The first-order chi connectivity index (χ1) is 6.59. The fraction of sp³-hybridized carbons (Fsp3) is 0.444. The van der Waals surface area contributed by atoms with E-state index in [9.17, 15) is 4.39 Å². The maximum Gasteiger partial charge on any atom is 0.255 e. The molecule has 0 aliphatic carbocycles. The molecule has 2 heterocycles. The van der Waals surface area contributed by atoms with Crippen molar-refractivity contribution in [1.29, 1.82) is 0 Å². The Labute approximate surface area is 89.8 Å². The lowest BCUT2D eigenvalue weighted by atomic mass is 10.0. The molecule has 0 spiro atoms. The van der Waals surface area contributed by atoms with Gasteiger partial charge in [-0.3, -0.25) is 0 Å². The molecule has 0 atom stereocenters. The molecule has 1 aliphatic heterocycles. The molecular weight excluding hydrogens is 251 g/mol. The van der Waals surface area contributed by atoms with Gasteiger partial charge in [0.2, 0.25) is 0 Å². The zero-order chi connectivity index (χ0) is 10.2. The number of aromatic nitrogens is 1. The van der Waals surface area contributed by atoms with Crippen LogP contribution in [0.2, 0.25) is 0 Å². The molecule has 0 bridgehead atoms. The van der Waals surface area contributed by atoms with Gasteiger partial charge in [-0.15, -0.1) is 0 Å². The summed E-state index contributed by atoms with van der Waals surface area (Å²) in [5.41, 5.74) is -0.302. The van der Waals surface area contributed by atoms with Crippen molar-refractivity contribution in [3.05, 3.63) is 22.7 Å². The molecule has 76 valence electrons. The summed E-state index contributed by atoms with van der Waals surface area (Å²) >= 11 is 3.22. The monoisotopic (exact) mass is 260 g/mol. The highest BCUT2D eigenvalue weighted by molar-refractivity contribution is 9.10. The molecule has 1 aromatic rings. The van der Waals surface area contributed by atoms with Gasteiger partial charge >= 0.3 is 0 Å². The van der Waals surface area contributed by atoms with Gasteiger partial charge in [0, 0.05) is 29.8 Å². The normalized spacial score (nSPS) is 18.8. The minimum Gasteiger partial charge on any atom is -0.480 e. The Hall–Kier alpha value is -0.680. The van der Waals surface area contributed by atoms with Crippen LogP contribution in [0.3, 0.4) is 0 Å². The Morgan fingerprint density at radius 3 is 2.93 bits per heavy atom. The lowest BCUT2D eigenvalue weighted by molar-refractivity contribution is 0.0303. The van der Waals surface area contributed by atoms with Gasteiger partial charge < -0.3 is 10.1 Å². The number of nitrogens with zero attached hydrogens (tertiary/aromatic N) is 1. The second-order valence-corrected chi connectivity index (χ2v) is 4.51. The number of hydrogen-bond donors (Lipinski definition) is 1. The Kier molecular flexibility index (Phi) is 2.45. The largest absolute Gasteiger partial charge is 0.480 e. The van der Waals surface area contributed by atoms with E-state index in [1.807, 2.05) is 6.92 Å². The van der Waals surface area contributed by atoms with Crippen LogP contribution in [0.15, 0.2) is 16.7 Å². The molecule has 2 rings (SSSR count). The van der Waals surface area contributed by atoms with E-state index in [4.69, 9.17) is 4.74 Å². The topological polar surface area (TPSA) is 34.1 Å². The predicted octanol–water partition coefficient (Wildman–Crippen LogP) is 1.72. The van der Waals surface area contributed by atoms with Crippen LogP contribution in [0.25, 0.3) is 0 Å². The van der Waals surface area contributed by atoms with Crippen LogP contribution in [-0.4, -0.2) is 23.7 Å². The zero-order valence-corrected chi connectivity index (χ0v) is 9.27. The molecule has 0 saturated carbocycles. The standard InChI is InChI=1S/C9H10BrFN2O/c1-9(4-12-5-9)14-7-2-6(10)3-13-8(7)11/h2-3,12H,4-5H2,1H3. The number of ether oxygens (including phenoxy) is 1. The van der Waals surface area contributed by atoms with Crippen molar-refractivity contribution in [2.45, 2.75) is 12.5 Å². The van der Waals surface area contributed by atoms with Gasteiger partial charge in [0.1, 0.15) is 5.60 Å². The fourth-order valence-corrected chi connectivity index (χ4v) is 1.60. The van der Waals surface area contributed by atoms with Crippen molar-refractivity contribution >= 4 is 15.9 Å². The summed E-state index contributed by atoms with van der Waals surface area (Å²) in [6.45, 7) is 3.40. The lowest BCUT2D eigenvalue weighted by Crippen LogP contribution is -2.61. The zero-order valence-electron chi connectivity index (χ0n) is 7.68. The second kappa shape index (κ2) is 3.47. The van der Waals surface area contributed by atoms with E-state index in [0.717, 1.165) is 13.1 Å². The summed E-state index contributed by atoms with van der Waals surface area (Å²) < 4.78 is 19.4. The summed E-state index contributed by atoms with van der Waals surface area (Å²) in [6.07, 6.45) is 1.41. The quantitative estimate of drug-likeness (QED) is 0.823. The Morgan fingerprint density at radius 1 is 1.64 bits per heavy atom. The first-order valence-electron chi connectivity index (χ1n) is 4.30. The van der Waals surface area contributed by atoms with Crippen molar-refractivity contribution in [2.75, 3.05) is 13.1 Å². The average molecular weight is 261 g/mol. The minimum absolute atomic E-state index is 0.198. The van der Waals surface area contributed by atoms with Crippen LogP contribution < -0.4 is 10.1 Å². The highest BCUT2D eigenvalue weighted by Crippen LogP contribution is 2.25. The third-order valence-corrected chi connectivity index (χ3v) is 2.56. The maximum atomic E-state index is 13.2. The molecule has 1 fully saturated rings. The summed E-state index contributed by atoms with van der Waals surface area (Å²) in [5.74, 6) is -0.371. The van der Waals surface area contributed by atoms with Gasteiger partial charge in [0.05, 0.1) is 0 Å². The Bertz CT molecular complexity index is 355. The van der Waals surface area contributed by atoms with Gasteiger partial charge in [-0.2, -0.15) is 4.39 Å². The van der Waals surface area contributed by atoms with E-state index in [2.05, 4.69) is 26.2 Å². The minimum atomic E-state index is -0.568. The highest BCUT2D eigenvalue weighted by Gasteiger charge is 2.34. The average Bonchev–Trinajstić information content (AvgIpc) is 2.09. The van der Waals surface area contributed by atoms with Crippen molar-refractivity contribution < 1.29 is 9.13 Å². The van der Waals surface area contributed by atoms with Crippen LogP contribution in [0.1, 0.15) is 6.92 Å². The number of rotatable bonds is 2. The summed E-state index contributed by atoms with van der Waals surface area (Å²) in [7, 11) is 0. The van der Waals surface area contributed by atoms with Crippen molar-refractivity contribution in [2.24, 2.45) is 0 Å². The maximum absolute atomic E-state index is 13.2.